The lowest BCUT2D eigenvalue weighted by Gasteiger charge is -2.23. The molecule has 4 rings (SSSR count). The Labute approximate surface area is 185 Å². The molecule has 1 aliphatic heterocycles. The van der Waals surface area contributed by atoms with E-state index in [4.69, 9.17) is 27.9 Å². The van der Waals surface area contributed by atoms with Gasteiger partial charge in [-0.1, -0.05) is 41.4 Å². The number of amides is 1. The van der Waals surface area contributed by atoms with Crippen LogP contribution < -0.4 is 9.64 Å². The van der Waals surface area contributed by atoms with Crippen molar-refractivity contribution in [1.29, 1.82) is 0 Å². The fourth-order valence-electron chi connectivity index (χ4n) is 3.29. The largest absolute Gasteiger partial charge is 0.507 e. The van der Waals surface area contributed by atoms with E-state index >= 15 is 0 Å². The Morgan fingerprint density at radius 2 is 1.97 bits per heavy atom. The van der Waals surface area contributed by atoms with Gasteiger partial charge in [0.05, 0.1) is 28.8 Å². The van der Waals surface area contributed by atoms with Crippen molar-refractivity contribution in [2.75, 3.05) is 12.0 Å². The number of Topliss-reactive ketones (excluding diaryl/α,β-unsaturated/α-hetero) is 1. The first-order valence-corrected chi connectivity index (χ1v) is 10.4. The summed E-state index contributed by atoms with van der Waals surface area (Å²) in [5.41, 5.74) is 0.793. The van der Waals surface area contributed by atoms with Gasteiger partial charge < -0.3 is 9.84 Å². The Bertz CT molecular complexity index is 1180. The molecule has 30 heavy (non-hydrogen) atoms. The zero-order valence-corrected chi connectivity index (χ0v) is 17.8. The number of aliphatic hydroxyl groups is 1. The molecule has 1 amide bonds. The molecular formula is C21H14Cl2N2O4S. The molecule has 0 bridgehead atoms. The molecule has 1 N–H and O–H groups in total. The highest BCUT2D eigenvalue weighted by atomic mass is 35.5. The second kappa shape index (κ2) is 8.10. The Kier molecular flexibility index (Phi) is 5.51. The number of carbonyl (C=O) groups is 2. The number of carbonyl (C=O) groups excluding carboxylic acids is 2. The molecule has 0 saturated carbocycles. The first-order valence-electron chi connectivity index (χ1n) is 8.72. The molecule has 152 valence electrons. The third kappa shape index (κ3) is 3.45. The van der Waals surface area contributed by atoms with Gasteiger partial charge in [-0.15, -0.1) is 11.3 Å². The highest BCUT2D eigenvalue weighted by molar-refractivity contribution is 7.14. The molecule has 9 heteroatoms. The van der Waals surface area contributed by atoms with E-state index in [2.05, 4.69) is 4.98 Å². The molecule has 1 aliphatic rings. The van der Waals surface area contributed by atoms with Crippen LogP contribution in [-0.2, 0) is 9.59 Å². The number of thiazole rings is 1. The SMILES string of the molecule is COc1cccc(/C(O)=C2\C(=O)C(=O)N(c3nccs3)C2c2ccc(Cl)c(Cl)c2)c1. The Balaban J connectivity index is 1.95. The highest BCUT2D eigenvalue weighted by Crippen LogP contribution is 2.43. The standard InChI is InChI=1S/C21H14Cl2N2O4S/c1-29-13-4-2-3-12(9-13)18(26)16-17(11-5-6-14(22)15(23)10-11)25(20(28)19(16)27)21-24-7-8-30-21/h2-10,17,26H,1H3/b18-16+. The van der Waals surface area contributed by atoms with Crippen LogP contribution in [0.15, 0.2) is 59.6 Å². The van der Waals surface area contributed by atoms with E-state index in [0.717, 1.165) is 0 Å². The number of nitrogens with zero attached hydrogens (tertiary/aromatic N) is 2. The van der Waals surface area contributed by atoms with Gasteiger partial charge in [0.1, 0.15) is 11.5 Å². The summed E-state index contributed by atoms with van der Waals surface area (Å²) in [6.45, 7) is 0. The minimum Gasteiger partial charge on any atom is -0.507 e. The van der Waals surface area contributed by atoms with E-state index in [-0.39, 0.29) is 16.4 Å². The molecule has 1 saturated heterocycles. The number of hydrogen-bond acceptors (Lipinski definition) is 6. The van der Waals surface area contributed by atoms with Gasteiger partial charge in [-0.3, -0.25) is 14.5 Å². The van der Waals surface area contributed by atoms with Crippen molar-refractivity contribution in [3.63, 3.8) is 0 Å². The number of anilines is 1. The van der Waals surface area contributed by atoms with Gasteiger partial charge >= 0.3 is 5.91 Å². The lowest BCUT2D eigenvalue weighted by atomic mass is 9.95. The molecule has 0 radical (unpaired) electrons. The fourth-order valence-corrected chi connectivity index (χ4v) is 4.26. The summed E-state index contributed by atoms with van der Waals surface area (Å²) >= 11 is 13.4. The summed E-state index contributed by atoms with van der Waals surface area (Å²) in [5, 5.41) is 13.7. The maximum atomic E-state index is 13.0. The van der Waals surface area contributed by atoms with Crippen LogP contribution in [0.1, 0.15) is 17.2 Å². The van der Waals surface area contributed by atoms with Crippen LogP contribution in [-0.4, -0.2) is 28.9 Å². The van der Waals surface area contributed by atoms with Crippen molar-refractivity contribution in [3.05, 3.63) is 80.8 Å². The number of aromatic nitrogens is 1. The predicted octanol–water partition coefficient (Wildman–Crippen LogP) is 5.08. The van der Waals surface area contributed by atoms with Crippen LogP contribution >= 0.6 is 34.5 Å². The number of rotatable bonds is 4. The maximum absolute atomic E-state index is 13.0. The van der Waals surface area contributed by atoms with Crippen molar-refractivity contribution < 1.29 is 19.4 Å². The van der Waals surface area contributed by atoms with Gasteiger partial charge in [0.15, 0.2) is 5.13 Å². The molecule has 0 aliphatic carbocycles. The van der Waals surface area contributed by atoms with E-state index < -0.39 is 17.7 Å². The second-order valence-corrected chi connectivity index (χ2v) is 8.08. The summed E-state index contributed by atoms with van der Waals surface area (Å²) in [7, 11) is 1.50. The first kappa shape index (κ1) is 20.4. The van der Waals surface area contributed by atoms with Crippen LogP contribution in [0.4, 0.5) is 5.13 Å². The topological polar surface area (TPSA) is 79.7 Å². The molecule has 2 heterocycles. The molecule has 6 nitrogen and oxygen atoms in total. The summed E-state index contributed by atoms with van der Waals surface area (Å²) in [4.78, 5) is 31.4. The Morgan fingerprint density at radius 1 is 1.17 bits per heavy atom. The molecule has 1 fully saturated rings. The minimum atomic E-state index is -0.919. The molecular weight excluding hydrogens is 447 g/mol. The lowest BCUT2D eigenvalue weighted by molar-refractivity contribution is -0.132. The average molecular weight is 461 g/mol. The summed E-state index contributed by atoms with van der Waals surface area (Å²) < 4.78 is 5.20. The fraction of sp³-hybridized carbons (Fsp3) is 0.0952. The summed E-state index contributed by atoms with van der Waals surface area (Å²) in [6.07, 6.45) is 1.54. The second-order valence-electron chi connectivity index (χ2n) is 6.39. The number of halogens is 2. The molecule has 3 aromatic rings. The Hall–Kier alpha value is -2.87. The van der Waals surface area contributed by atoms with Crippen LogP contribution in [0.3, 0.4) is 0 Å². The van der Waals surface area contributed by atoms with Gasteiger partial charge in [0.2, 0.25) is 0 Å². The van der Waals surface area contributed by atoms with Gasteiger partial charge in [-0.05, 0) is 29.8 Å². The number of benzene rings is 2. The van der Waals surface area contributed by atoms with E-state index in [1.807, 2.05) is 0 Å². The van der Waals surface area contributed by atoms with Crippen molar-refractivity contribution in [3.8, 4) is 5.75 Å². The number of hydrogen-bond donors (Lipinski definition) is 1. The van der Waals surface area contributed by atoms with E-state index in [9.17, 15) is 14.7 Å². The van der Waals surface area contributed by atoms with Crippen molar-refractivity contribution >= 4 is 57.1 Å². The zero-order valence-electron chi connectivity index (χ0n) is 15.5. The number of ether oxygens (including phenoxy) is 1. The molecule has 1 aromatic heterocycles. The van der Waals surface area contributed by atoms with Crippen molar-refractivity contribution in [2.24, 2.45) is 0 Å². The molecule has 0 spiro atoms. The minimum absolute atomic E-state index is 0.0677. The van der Waals surface area contributed by atoms with Gasteiger partial charge in [-0.25, -0.2) is 4.98 Å². The highest BCUT2D eigenvalue weighted by Gasteiger charge is 2.48. The van der Waals surface area contributed by atoms with Crippen LogP contribution in [0.5, 0.6) is 5.75 Å². The lowest BCUT2D eigenvalue weighted by Crippen LogP contribution is -2.29. The van der Waals surface area contributed by atoms with Crippen molar-refractivity contribution in [1.82, 2.24) is 4.98 Å². The zero-order chi connectivity index (χ0) is 21.4. The van der Waals surface area contributed by atoms with Crippen LogP contribution in [0.25, 0.3) is 5.76 Å². The van der Waals surface area contributed by atoms with E-state index in [1.54, 1.807) is 47.8 Å². The van der Waals surface area contributed by atoms with Gasteiger partial charge in [-0.2, -0.15) is 0 Å². The number of ketones is 1. The Morgan fingerprint density at radius 3 is 2.63 bits per heavy atom. The quantitative estimate of drug-likeness (QED) is 0.333. The van der Waals surface area contributed by atoms with Gasteiger partial charge in [0, 0.05) is 17.1 Å². The monoisotopic (exact) mass is 460 g/mol. The number of aliphatic hydroxyl groups excluding tert-OH is 1. The third-order valence-electron chi connectivity index (χ3n) is 4.67. The summed E-state index contributed by atoms with van der Waals surface area (Å²) in [5.74, 6) is -1.42. The summed E-state index contributed by atoms with van der Waals surface area (Å²) in [6, 6.07) is 10.5. The maximum Gasteiger partial charge on any atom is 0.301 e. The third-order valence-corrected chi connectivity index (χ3v) is 6.18. The number of methoxy groups -OCH3 is 1. The van der Waals surface area contributed by atoms with E-state index in [1.165, 1.54) is 29.5 Å². The van der Waals surface area contributed by atoms with Crippen LogP contribution in [0.2, 0.25) is 10.0 Å². The van der Waals surface area contributed by atoms with Crippen LogP contribution in [0, 0.1) is 0 Å². The normalized spacial score (nSPS) is 18.1. The first-order chi connectivity index (χ1) is 14.4. The predicted molar refractivity (Wildman–Crippen MR) is 116 cm³/mol. The molecule has 2 aromatic carbocycles. The average Bonchev–Trinajstić information content (AvgIpc) is 3.36. The van der Waals surface area contributed by atoms with Crippen molar-refractivity contribution in [2.45, 2.75) is 6.04 Å². The smallest absolute Gasteiger partial charge is 0.301 e. The van der Waals surface area contributed by atoms with E-state index in [0.29, 0.717) is 27.0 Å². The molecule has 1 unspecified atom stereocenters. The van der Waals surface area contributed by atoms with Gasteiger partial charge in [0.25, 0.3) is 5.78 Å². The molecule has 1 atom stereocenters.